The summed E-state index contributed by atoms with van der Waals surface area (Å²) in [7, 11) is 0.362. The van der Waals surface area contributed by atoms with Gasteiger partial charge < -0.3 is 10.1 Å². The third-order valence-electron chi connectivity index (χ3n) is 2.89. The van der Waals surface area contributed by atoms with E-state index in [4.69, 9.17) is 4.74 Å². The Morgan fingerprint density at radius 2 is 1.82 bits per heavy atom. The Morgan fingerprint density at radius 3 is 2.27 bits per heavy atom. The minimum atomic E-state index is -1.47. The first kappa shape index (κ1) is 18.3. The highest BCUT2D eigenvalue weighted by Gasteiger charge is 2.21. The van der Waals surface area contributed by atoms with Crippen LogP contribution in [0.4, 0.5) is 5.69 Å². The van der Waals surface area contributed by atoms with Crippen molar-refractivity contribution in [2.45, 2.75) is 52.9 Å². The number of rotatable bonds is 2. The van der Waals surface area contributed by atoms with Crippen LogP contribution in [-0.4, -0.2) is 26.7 Å². The van der Waals surface area contributed by atoms with Crippen molar-refractivity contribution in [2.75, 3.05) is 12.4 Å². The zero-order valence-electron chi connectivity index (χ0n) is 15.0. The summed E-state index contributed by atoms with van der Waals surface area (Å²) in [6, 6.07) is 3.81. The molecule has 1 aromatic carbocycles. The van der Waals surface area contributed by atoms with Crippen LogP contribution in [-0.2, 0) is 4.74 Å². The summed E-state index contributed by atoms with van der Waals surface area (Å²) in [6.07, 6.45) is 0. The molecule has 0 aromatic heterocycles. The molecule has 3 nitrogen and oxygen atoms in total. The molecule has 120 valence electrons. The van der Waals surface area contributed by atoms with Gasteiger partial charge in [0.15, 0.2) is 0 Å². The van der Waals surface area contributed by atoms with Crippen LogP contribution in [0.15, 0.2) is 12.1 Å². The van der Waals surface area contributed by atoms with E-state index in [2.05, 4.69) is 36.4 Å². The highest BCUT2D eigenvalue weighted by atomic mass is 28.3. The van der Waals surface area contributed by atoms with Crippen molar-refractivity contribution in [1.82, 2.24) is 0 Å². The second-order valence-electron chi connectivity index (χ2n) is 7.45. The zero-order chi connectivity index (χ0) is 17.1. The van der Waals surface area contributed by atoms with Crippen LogP contribution in [0.1, 0.15) is 42.3 Å². The van der Waals surface area contributed by atoms with Crippen molar-refractivity contribution in [3.05, 3.63) is 28.8 Å². The molecule has 22 heavy (non-hydrogen) atoms. The van der Waals surface area contributed by atoms with E-state index in [1.54, 1.807) is 0 Å². The Balaban J connectivity index is 3.34. The molecule has 1 aromatic rings. The molecular weight excluding hydrogens is 290 g/mol. The number of benzene rings is 1. The van der Waals surface area contributed by atoms with Crippen molar-refractivity contribution in [3.8, 4) is 11.5 Å². The number of anilines is 1. The lowest BCUT2D eigenvalue weighted by Crippen LogP contribution is -2.24. The third-order valence-corrected chi connectivity index (χ3v) is 3.76. The van der Waals surface area contributed by atoms with Crippen molar-refractivity contribution < 1.29 is 9.53 Å². The van der Waals surface area contributed by atoms with E-state index in [0.717, 1.165) is 16.8 Å². The number of ether oxygens (including phenoxy) is 1. The second kappa shape index (κ2) is 6.58. The molecule has 0 radical (unpaired) electrons. The maximum atomic E-state index is 12.4. The van der Waals surface area contributed by atoms with Crippen LogP contribution >= 0.6 is 0 Å². The van der Waals surface area contributed by atoms with Gasteiger partial charge in [-0.05, 0) is 45.4 Å². The normalized spacial score (nSPS) is 11.5. The predicted molar refractivity (Wildman–Crippen MR) is 96.1 cm³/mol. The van der Waals surface area contributed by atoms with Crippen LogP contribution in [0.5, 0.6) is 0 Å². The molecule has 0 heterocycles. The summed E-state index contributed by atoms with van der Waals surface area (Å²) in [5, 5.41) is 3.09. The first-order valence-corrected chi connectivity index (χ1v) is 11.0. The minimum absolute atomic E-state index is 0.307. The molecule has 0 bridgehead atoms. The van der Waals surface area contributed by atoms with E-state index in [-0.39, 0.29) is 5.97 Å². The zero-order valence-corrected chi connectivity index (χ0v) is 16.0. The number of carbonyl (C=O) groups excluding carboxylic acids is 1. The Labute approximate surface area is 135 Å². The molecule has 0 spiro atoms. The fraction of sp³-hybridized carbons (Fsp3) is 0.500. The molecule has 4 heteroatoms. The Kier molecular flexibility index (Phi) is 5.48. The molecule has 0 fully saturated rings. The van der Waals surface area contributed by atoms with Gasteiger partial charge in [0.05, 0.1) is 5.56 Å². The smallest absolute Gasteiger partial charge is 0.339 e. The van der Waals surface area contributed by atoms with Crippen molar-refractivity contribution in [1.29, 1.82) is 0 Å². The summed E-state index contributed by atoms with van der Waals surface area (Å²) >= 11 is 0. The van der Waals surface area contributed by atoms with Crippen LogP contribution in [0, 0.1) is 18.4 Å². The van der Waals surface area contributed by atoms with E-state index < -0.39 is 13.7 Å². The Morgan fingerprint density at radius 1 is 1.23 bits per heavy atom. The number of carbonyl (C=O) groups is 1. The molecule has 0 aliphatic heterocycles. The number of nitrogens with one attached hydrogen (secondary N) is 1. The van der Waals surface area contributed by atoms with Gasteiger partial charge >= 0.3 is 5.97 Å². The molecule has 0 saturated carbocycles. The molecular formula is C18H27NO2Si. The lowest BCUT2D eigenvalue weighted by Gasteiger charge is -2.21. The van der Waals surface area contributed by atoms with E-state index in [1.165, 1.54) is 0 Å². The fourth-order valence-electron chi connectivity index (χ4n) is 1.79. The monoisotopic (exact) mass is 317 g/mol. The van der Waals surface area contributed by atoms with Crippen molar-refractivity contribution >= 4 is 19.7 Å². The van der Waals surface area contributed by atoms with Gasteiger partial charge in [-0.15, -0.1) is 5.54 Å². The van der Waals surface area contributed by atoms with Crippen LogP contribution in [0.2, 0.25) is 19.6 Å². The average molecular weight is 318 g/mol. The molecule has 0 saturated heterocycles. The highest BCUT2D eigenvalue weighted by molar-refractivity contribution is 6.83. The molecule has 1 N–H and O–H groups in total. The van der Waals surface area contributed by atoms with E-state index in [0.29, 0.717) is 5.56 Å². The Bertz CT molecular complexity index is 625. The summed E-state index contributed by atoms with van der Waals surface area (Å²) < 4.78 is 5.50. The predicted octanol–water partition coefficient (Wildman–Crippen LogP) is 4.22. The summed E-state index contributed by atoms with van der Waals surface area (Å²) in [5.74, 6) is 2.94. The largest absolute Gasteiger partial charge is 0.456 e. The van der Waals surface area contributed by atoms with Gasteiger partial charge in [-0.2, -0.15) is 0 Å². The molecule has 0 aliphatic carbocycles. The average Bonchev–Trinajstić information content (AvgIpc) is 2.34. The highest BCUT2D eigenvalue weighted by Crippen LogP contribution is 2.22. The second-order valence-corrected chi connectivity index (χ2v) is 12.2. The van der Waals surface area contributed by atoms with Gasteiger partial charge in [-0.3, -0.25) is 0 Å². The third kappa shape index (κ3) is 5.57. The Hall–Kier alpha value is -1.73. The summed E-state index contributed by atoms with van der Waals surface area (Å²) in [6.45, 7) is 14.1. The summed E-state index contributed by atoms with van der Waals surface area (Å²) in [4.78, 5) is 12.4. The van der Waals surface area contributed by atoms with E-state index in [1.807, 2.05) is 46.9 Å². The first-order valence-electron chi connectivity index (χ1n) is 7.52. The van der Waals surface area contributed by atoms with Gasteiger partial charge in [-0.25, -0.2) is 4.79 Å². The van der Waals surface area contributed by atoms with Crippen LogP contribution in [0.3, 0.4) is 0 Å². The number of esters is 1. The van der Waals surface area contributed by atoms with Crippen molar-refractivity contribution in [3.63, 3.8) is 0 Å². The lowest BCUT2D eigenvalue weighted by molar-refractivity contribution is 0.00688. The molecule has 0 amide bonds. The quantitative estimate of drug-likeness (QED) is 0.504. The first-order chi connectivity index (χ1) is 9.93. The minimum Gasteiger partial charge on any atom is -0.456 e. The van der Waals surface area contributed by atoms with Gasteiger partial charge in [0.1, 0.15) is 13.7 Å². The van der Waals surface area contributed by atoms with Crippen LogP contribution < -0.4 is 5.32 Å². The van der Waals surface area contributed by atoms with Gasteiger partial charge in [0.2, 0.25) is 0 Å². The number of hydrogen-bond acceptors (Lipinski definition) is 3. The fourth-order valence-corrected chi connectivity index (χ4v) is 2.30. The maximum absolute atomic E-state index is 12.4. The van der Waals surface area contributed by atoms with Gasteiger partial charge in [0, 0.05) is 18.3 Å². The SMILES string of the molecule is CNc1cc(C#C[Si](C)(C)C)c(C)c(C(=O)OC(C)(C)C)c1. The van der Waals surface area contributed by atoms with Gasteiger partial charge in [0.25, 0.3) is 0 Å². The van der Waals surface area contributed by atoms with E-state index in [9.17, 15) is 4.79 Å². The van der Waals surface area contributed by atoms with Crippen LogP contribution in [0.25, 0.3) is 0 Å². The lowest BCUT2D eigenvalue weighted by atomic mass is 10.0. The van der Waals surface area contributed by atoms with Gasteiger partial charge in [-0.1, -0.05) is 25.6 Å². The standard InChI is InChI=1S/C18H27NO2Si/c1-13-14(9-10-22(6,7)8)11-15(19-5)12-16(13)17(20)21-18(2,3)4/h11-12,19H,1-8H3. The molecule has 1 rings (SSSR count). The topological polar surface area (TPSA) is 38.3 Å². The van der Waals surface area contributed by atoms with E-state index >= 15 is 0 Å². The maximum Gasteiger partial charge on any atom is 0.339 e. The summed E-state index contributed by atoms with van der Waals surface area (Å²) in [5.41, 5.74) is 6.04. The molecule has 0 unspecified atom stereocenters. The number of hydrogen-bond donors (Lipinski definition) is 1. The molecule has 0 aliphatic rings. The van der Waals surface area contributed by atoms with Crippen molar-refractivity contribution in [2.24, 2.45) is 0 Å². The molecule has 0 atom stereocenters.